The maximum absolute atomic E-state index is 12.4. The van der Waals surface area contributed by atoms with E-state index >= 15 is 0 Å². The Morgan fingerprint density at radius 3 is 2.22 bits per heavy atom. The molecule has 0 bridgehead atoms. The molecule has 2 aromatic rings. The maximum Gasteiger partial charge on any atom is 0.433 e. The van der Waals surface area contributed by atoms with Crippen LogP contribution in [0, 0.1) is 10.1 Å². The molecule has 0 N–H and O–H groups in total. The molecular formula is C13H8Cl3NO5S. The molecule has 6 nitrogen and oxygen atoms in total. The summed E-state index contributed by atoms with van der Waals surface area (Å²) in [5.74, 6) is -0.926. The first-order chi connectivity index (χ1) is 10.6. The van der Waals surface area contributed by atoms with Gasteiger partial charge in [-0.1, -0.05) is 65.1 Å². The first-order valence-corrected chi connectivity index (χ1v) is 8.57. The van der Waals surface area contributed by atoms with E-state index in [0.717, 1.165) is 12.1 Å². The predicted molar refractivity (Wildman–Crippen MR) is 88.9 cm³/mol. The smallest absolute Gasteiger partial charge is 0.400 e. The number of benzene rings is 1. The Bertz CT molecular complexity index is 853. The Kier molecular flexibility index (Phi) is 5.05. The van der Waals surface area contributed by atoms with Crippen LogP contribution in [0.5, 0.6) is 0 Å². The average Bonchev–Trinajstić information content (AvgIpc) is 2.94. The molecule has 23 heavy (non-hydrogen) atoms. The Labute approximate surface area is 146 Å². The fraction of sp³-hybridized carbons (Fsp3) is 0.0769. The van der Waals surface area contributed by atoms with E-state index in [4.69, 9.17) is 39.2 Å². The van der Waals surface area contributed by atoms with Gasteiger partial charge in [0.15, 0.2) is 5.76 Å². The van der Waals surface area contributed by atoms with E-state index in [2.05, 4.69) is 0 Å². The van der Waals surface area contributed by atoms with Gasteiger partial charge in [-0.05, 0) is 17.7 Å². The minimum Gasteiger partial charge on any atom is -0.400 e. The zero-order valence-electron chi connectivity index (χ0n) is 11.1. The third kappa shape index (κ3) is 3.87. The Hall–Kier alpha value is -1.54. The van der Waals surface area contributed by atoms with E-state index in [0.29, 0.717) is 5.56 Å². The molecule has 1 aromatic heterocycles. The van der Waals surface area contributed by atoms with E-state index in [1.54, 1.807) is 30.3 Å². The van der Waals surface area contributed by atoms with Gasteiger partial charge in [0.25, 0.3) is 3.12 Å². The van der Waals surface area contributed by atoms with Crippen LogP contribution in [0.1, 0.15) is 11.3 Å². The van der Waals surface area contributed by atoms with Crippen LogP contribution in [0.15, 0.2) is 46.9 Å². The van der Waals surface area contributed by atoms with E-state index in [-0.39, 0.29) is 5.76 Å². The summed E-state index contributed by atoms with van der Waals surface area (Å²) in [4.78, 5) is 9.43. The van der Waals surface area contributed by atoms with E-state index < -0.39 is 28.7 Å². The van der Waals surface area contributed by atoms with Crippen LogP contribution in [-0.4, -0.2) is 16.5 Å². The highest BCUT2D eigenvalue weighted by molar-refractivity contribution is 8.05. The van der Waals surface area contributed by atoms with Crippen LogP contribution in [0.4, 0.5) is 5.88 Å². The van der Waals surface area contributed by atoms with Gasteiger partial charge >= 0.3 is 5.88 Å². The molecule has 10 heteroatoms. The summed E-state index contributed by atoms with van der Waals surface area (Å²) in [5, 5.41) is 10.7. The summed E-state index contributed by atoms with van der Waals surface area (Å²) >= 11 is 16.6. The fourth-order valence-electron chi connectivity index (χ4n) is 1.66. The van der Waals surface area contributed by atoms with E-state index in [9.17, 15) is 18.5 Å². The lowest BCUT2D eigenvalue weighted by Crippen LogP contribution is -2.20. The molecular weight excluding hydrogens is 389 g/mol. The summed E-state index contributed by atoms with van der Waals surface area (Å²) in [5.41, 5.74) is 0.486. The second-order valence-electron chi connectivity index (χ2n) is 4.26. The number of nitrogens with zero attached hydrogens (tertiary/aromatic N) is 1. The molecule has 2 rings (SSSR count). The van der Waals surface area contributed by atoms with Crippen molar-refractivity contribution >= 4 is 61.5 Å². The summed E-state index contributed by atoms with van der Waals surface area (Å²) in [6, 6.07) is 10.5. The zero-order valence-corrected chi connectivity index (χ0v) is 14.2. The molecule has 1 aromatic carbocycles. The molecule has 0 radical (unpaired) electrons. The molecule has 0 spiro atoms. The minimum atomic E-state index is -4.46. The van der Waals surface area contributed by atoms with Crippen LogP contribution >= 0.6 is 34.8 Å². The number of rotatable bonds is 4. The van der Waals surface area contributed by atoms with Crippen molar-refractivity contribution in [3.63, 3.8) is 0 Å². The topological polar surface area (TPSA) is 90.4 Å². The van der Waals surface area contributed by atoms with Crippen LogP contribution in [0.3, 0.4) is 0 Å². The lowest BCUT2D eigenvalue weighted by atomic mass is 10.2. The van der Waals surface area contributed by atoms with Crippen molar-refractivity contribution in [3.8, 4) is 0 Å². The zero-order chi connectivity index (χ0) is 17.3. The number of sulfone groups is 1. The molecule has 0 aliphatic heterocycles. The molecule has 0 aliphatic rings. The third-order valence-electron chi connectivity index (χ3n) is 2.71. The molecule has 0 fully saturated rings. The van der Waals surface area contributed by atoms with Crippen LogP contribution < -0.4 is 0 Å². The van der Waals surface area contributed by atoms with Gasteiger partial charge in [-0.2, -0.15) is 0 Å². The molecule has 0 saturated carbocycles. The largest absolute Gasteiger partial charge is 0.433 e. The summed E-state index contributed by atoms with van der Waals surface area (Å²) in [7, 11) is -4.46. The van der Waals surface area contributed by atoms with Crippen molar-refractivity contribution in [2.45, 2.75) is 3.12 Å². The average molecular weight is 397 g/mol. The van der Waals surface area contributed by atoms with Gasteiger partial charge < -0.3 is 4.42 Å². The van der Waals surface area contributed by atoms with Gasteiger partial charge in [0.1, 0.15) is 9.83 Å². The monoisotopic (exact) mass is 395 g/mol. The van der Waals surface area contributed by atoms with Crippen molar-refractivity contribution in [3.05, 3.63) is 63.9 Å². The Morgan fingerprint density at radius 1 is 1.13 bits per heavy atom. The van der Waals surface area contributed by atoms with E-state index in [1.165, 1.54) is 6.08 Å². The third-order valence-corrected chi connectivity index (χ3v) is 6.04. The normalized spacial score (nSPS) is 13.1. The van der Waals surface area contributed by atoms with E-state index in [1.807, 2.05) is 0 Å². The highest BCUT2D eigenvalue weighted by Gasteiger charge is 2.43. The van der Waals surface area contributed by atoms with Crippen molar-refractivity contribution < 1.29 is 17.8 Å². The Balaban J connectivity index is 2.65. The molecule has 122 valence electrons. The lowest BCUT2D eigenvalue weighted by molar-refractivity contribution is -0.402. The van der Waals surface area contributed by atoms with Gasteiger partial charge in [0.2, 0.25) is 9.84 Å². The number of alkyl halides is 3. The van der Waals surface area contributed by atoms with Crippen LogP contribution in [-0.2, 0) is 9.84 Å². The second-order valence-corrected chi connectivity index (χ2v) is 9.28. The van der Waals surface area contributed by atoms with Crippen molar-refractivity contribution in [1.29, 1.82) is 0 Å². The summed E-state index contributed by atoms with van der Waals surface area (Å²) < 4.78 is 27.2. The number of nitro groups is 1. The molecule has 0 atom stereocenters. The first-order valence-electron chi connectivity index (χ1n) is 5.95. The van der Waals surface area contributed by atoms with Crippen molar-refractivity contribution in [2.75, 3.05) is 0 Å². The molecule has 1 heterocycles. The van der Waals surface area contributed by atoms with Crippen molar-refractivity contribution in [2.24, 2.45) is 0 Å². The fourth-order valence-corrected chi connectivity index (χ4v) is 3.33. The minimum absolute atomic E-state index is 0.299. The molecule has 0 aliphatic carbocycles. The molecule has 0 unspecified atom stereocenters. The van der Waals surface area contributed by atoms with Gasteiger partial charge in [-0.15, -0.1) is 0 Å². The second kappa shape index (κ2) is 6.52. The maximum atomic E-state index is 12.4. The quantitative estimate of drug-likeness (QED) is 0.433. The first kappa shape index (κ1) is 17.8. The summed E-state index contributed by atoms with van der Waals surface area (Å²) in [6.07, 6.45) is 1.21. The van der Waals surface area contributed by atoms with Gasteiger partial charge in [0.05, 0.1) is 6.07 Å². The van der Waals surface area contributed by atoms with Gasteiger partial charge in [0, 0.05) is 0 Å². The van der Waals surface area contributed by atoms with Crippen molar-refractivity contribution in [1.82, 2.24) is 0 Å². The van der Waals surface area contributed by atoms with Crippen LogP contribution in [0.2, 0.25) is 0 Å². The molecule has 0 amide bonds. The number of furan rings is 1. The van der Waals surface area contributed by atoms with Crippen LogP contribution in [0.25, 0.3) is 11.0 Å². The number of hydrogen-bond donors (Lipinski definition) is 0. The Morgan fingerprint density at radius 2 is 1.74 bits per heavy atom. The standard InChI is InChI=1S/C13H8Cl3NO5S/c14-13(15,16)23(20,21)11(8-9-4-2-1-3-5-9)10-6-7-12(22-10)17(18)19/h1-8H. The highest BCUT2D eigenvalue weighted by Crippen LogP contribution is 2.42. The lowest BCUT2D eigenvalue weighted by Gasteiger charge is -2.14. The summed E-state index contributed by atoms with van der Waals surface area (Å²) in [6.45, 7) is 0. The van der Waals surface area contributed by atoms with Gasteiger partial charge in [-0.3, -0.25) is 10.1 Å². The molecule has 0 saturated heterocycles. The SMILES string of the molecule is O=[N+]([O-])c1ccc(C(=Cc2ccccc2)S(=O)(=O)C(Cl)(Cl)Cl)o1. The number of halogens is 3. The highest BCUT2D eigenvalue weighted by atomic mass is 35.6. The van der Waals surface area contributed by atoms with Gasteiger partial charge in [-0.25, -0.2) is 8.42 Å². The number of hydrogen-bond acceptors (Lipinski definition) is 5. The predicted octanol–water partition coefficient (Wildman–Crippen LogP) is 4.43.